The van der Waals surface area contributed by atoms with Gasteiger partial charge in [-0.3, -0.25) is 9.59 Å². The number of carboxylic acid groups (broad SMARTS) is 2. The van der Waals surface area contributed by atoms with E-state index in [4.69, 9.17) is 10.5 Å². The van der Waals surface area contributed by atoms with Crippen LogP contribution in [0.5, 0.6) is 0 Å². The van der Waals surface area contributed by atoms with Crippen molar-refractivity contribution in [2.45, 2.75) is 10.1 Å². The molecule has 2 heterocycles. The summed E-state index contributed by atoms with van der Waals surface area (Å²) in [5, 5.41) is 40.1. The maximum absolute atomic E-state index is 11.7. The molecule has 0 unspecified atom stereocenters. The summed E-state index contributed by atoms with van der Waals surface area (Å²) in [4.78, 5) is 49.5. The largest absolute Gasteiger partial charge is 0.545 e. The lowest BCUT2D eigenvalue weighted by Gasteiger charge is -2.08. The molecule has 0 atom stereocenters. The van der Waals surface area contributed by atoms with Gasteiger partial charge in [-0.05, 0) is 12.1 Å². The molecular weight excluding hydrogens is 396 g/mol. The number of nitrogens with one attached hydrogen (secondary N) is 2. The number of aromatic carboxylic acids is 2. The van der Waals surface area contributed by atoms with Gasteiger partial charge in [-0.25, -0.2) is 0 Å². The van der Waals surface area contributed by atoms with Gasteiger partial charge in [-0.1, -0.05) is 23.5 Å². The minimum atomic E-state index is -1.72. The summed E-state index contributed by atoms with van der Waals surface area (Å²) >= 11 is 1.90. The van der Waals surface area contributed by atoms with E-state index in [9.17, 15) is 29.4 Å². The third-order valence-corrected chi connectivity index (χ3v) is 5.26. The first-order valence-corrected chi connectivity index (χ1v) is 8.78. The van der Waals surface area contributed by atoms with Crippen LogP contribution < -0.4 is 21.3 Å². The predicted octanol–water partition coefficient (Wildman–Crippen LogP) is -1.62. The second-order valence-electron chi connectivity index (χ2n) is 4.71. The highest BCUT2D eigenvalue weighted by Crippen LogP contribution is 2.28. The van der Waals surface area contributed by atoms with E-state index < -0.39 is 34.2 Å². The molecule has 2 aromatic rings. The Labute approximate surface area is 158 Å². The Kier molecular flexibility index (Phi) is 6.07. The number of rotatable bonds is 6. The van der Waals surface area contributed by atoms with Crippen LogP contribution >= 0.6 is 23.5 Å². The number of hydrogen-bond donors (Lipinski definition) is 2. The van der Waals surface area contributed by atoms with Gasteiger partial charge in [-0.2, -0.15) is 10.5 Å². The molecule has 0 saturated carbocycles. The van der Waals surface area contributed by atoms with E-state index in [1.807, 2.05) is 0 Å². The molecule has 0 aromatic carbocycles. The summed E-state index contributed by atoms with van der Waals surface area (Å²) in [6.07, 6.45) is 0. The van der Waals surface area contributed by atoms with Gasteiger partial charge in [0.15, 0.2) is 0 Å². The van der Waals surface area contributed by atoms with Gasteiger partial charge in [0.05, 0.1) is 49.3 Å². The van der Waals surface area contributed by atoms with Crippen LogP contribution in [-0.2, 0) is 0 Å². The molecule has 2 N–H and O–H groups in total. The van der Waals surface area contributed by atoms with E-state index in [0.717, 1.165) is 35.7 Å². The number of thioether (sulfide) groups is 2. The molecule has 0 aliphatic heterocycles. The van der Waals surface area contributed by atoms with Gasteiger partial charge in [0, 0.05) is 0 Å². The topological polar surface area (TPSA) is 194 Å². The zero-order valence-corrected chi connectivity index (χ0v) is 14.7. The molecule has 27 heavy (non-hydrogen) atoms. The minimum absolute atomic E-state index is 0.0900. The highest BCUT2D eigenvalue weighted by molar-refractivity contribution is 8.16. The predicted molar refractivity (Wildman–Crippen MR) is 88.8 cm³/mol. The fourth-order valence-electron chi connectivity index (χ4n) is 1.87. The Bertz CT molecular complexity index is 1050. The van der Waals surface area contributed by atoms with Crippen molar-refractivity contribution < 1.29 is 19.8 Å². The summed E-state index contributed by atoms with van der Waals surface area (Å²) in [7, 11) is 0. The number of carbonyl (C=O) groups excluding carboxylic acids is 2. The first-order chi connectivity index (χ1) is 12.8. The zero-order chi connectivity index (χ0) is 20.1. The standard InChI is InChI=1S/C15H8N4O6S2/c16-3-6-1-8(14(22)23)10(20)18-12(6)26-5-27-13-7(4-17)2-9(15(24)25)11(21)19-13/h1-2H,5H2,(H,18,20)(H,19,21)(H,22,23)(H,24,25)/p-2. The minimum Gasteiger partial charge on any atom is -0.545 e. The summed E-state index contributed by atoms with van der Waals surface area (Å²) in [6.45, 7) is 0. The van der Waals surface area contributed by atoms with Crippen LogP contribution in [0.2, 0.25) is 0 Å². The monoisotopic (exact) mass is 402 g/mol. The molecule has 0 aliphatic carbocycles. The highest BCUT2D eigenvalue weighted by Gasteiger charge is 2.13. The highest BCUT2D eigenvalue weighted by atomic mass is 32.2. The lowest BCUT2D eigenvalue weighted by atomic mass is 10.2. The fourth-order valence-corrected chi connectivity index (χ4v) is 3.90. The molecule has 0 amide bonds. The summed E-state index contributed by atoms with van der Waals surface area (Å²) in [6, 6.07) is 5.26. The molecule has 0 bridgehead atoms. The van der Waals surface area contributed by atoms with E-state index in [1.54, 1.807) is 12.1 Å². The lowest BCUT2D eigenvalue weighted by molar-refractivity contribution is -0.256. The Balaban J connectivity index is 2.25. The van der Waals surface area contributed by atoms with Crippen molar-refractivity contribution in [2.24, 2.45) is 0 Å². The number of hydrogen-bond acceptors (Lipinski definition) is 10. The molecule has 10 nitrogen and oxygen atoms in total. The molecule has 0 radical (unpaired) electrons. The molecule has 0 saturated heterocycles. The van der Waals surface area contributed by atoms with Crippen LogP contribution in [0.3, 0.4) is 0 Å². The van der Waals surface area contributed by atoms with Crippen LogP contribution in [0, 0.1) is 22.7 Å². The average Bonchev–Trinajstić information content (AvgIpc) is 2.61. The maximum Gasteiger partial charge on any atom is 0.257 e. The zero-order valence-electron chi connectivity index (χ0n) is 13.0. The smallest absolute Gasteiger partial charge is 0.257 e. The first kappa shape index (κ1) is 19.8. The molecule has 2 rings (SSSR count). The molecule has 0 aliphatic rings. The van der Waals surface area contributed by atoms with Crippen molar-refractivity contribution in [3.63, 3.8) is 0 Å². The Hall–Kier alpha value is -3.48. The summed E-state index contributed by atoms with van der Waals surface area (Å²) in [5.74, 6) is -3.44. The number of carboxylic acids is 2. The molecule has 2 aromatic heterocycles. The SMILES string of the molecule is N#Cc1cc(C(=O)[O-])c(=O)[nH]c1SCSc1[nH]c(=O)c(C(=O)[O-])cc1C#N. The van der Waals surface area contributed by atoms with Crippen LogP contribution in [0.1, 0.15) is 31.8 Å². The molecular formula is C15H6N4O6S2-2. The third kappa shape index (κ3) is 4.38. The van der Waals surface area contributed by atoms with Crippen LogP contribution in [0.4, 0.5) is 0 Å². The van der Waals surface area contributed by atoms with Crippen molar-refractivity contribution in [2.75, 3.05) is 5.08 Å². The van der Waals surface area contributed by atoms with Gasteiger partial charge in [0.25, 0.3) is 11.1 Å². The number of aromatic amines is 2. The molecule has 0 spiro atoms. The number of carbonyl (C=O) groups is 2. The molecule has 136 valence electrons. The van der Waals surface area contributed by atoms with Gasteiger partial charge < -0.3 is 29.8 Å². The van der Waals surface area contributed by atoms with Crippen LogP contribution in [-0.4, -0.2) is 27.0 Å². The number of H-pyrrole nitrogens is 2. The third-order valence-electron chi connectivity index (χ3n) is 3.10. The fraction of sp³-hybridized carbons (Fsp3) is 0.0667. The number of nitriles is 2. The number of pyridine rings is 2. The Morgan fingerprint density at radius 2 is 1.26 bits per heavy atom. The number of aromatic nitrogens is 2. The summed E-state index contributed by atoms with van der Waals surface area (Å²) < 4.78 is 0. The van der Waals surface area contributed by atoms with E-state index in [1.165, 1.54) is 0 Å². The molecule has 0 fully saturated rings. The van der Waals surface area contributed by atoms with Crippen molar-refractivity contribution in [3.8, 4) is 12.1 Å². The Morgan fingerprint density at radius 1 is 0.889 bits per heavy atom. The van der Waals surface area contributed by atoms with Crippen LogP contribution in [0.25, 0.3) is 0 Å². The van der Waals surface area contributed by atoms with Crippen molar-refractivity contribution in [1.82, 2.24) is 9.97 Å². The van der Waals surface area contributed by atoms with Crippen molar-refractivity contribution >= 4 is 35.5 Å². The van der Waals surface area contributed by atoms with Crippen molar-refractivity contribution in [3.05, 3.63) is 55.1 Å². The van der Waals surface area contributed by atoms with E-state index in [-0.39, 0.29) is 26.3 Å². The van der Waals surface area contributed by atoms with E-state index in [0.29, 0.717) is 0 Å². The van der Waals surface area contributed by atoms with Gasteiger partial charge in [-0.15, -0.1) is 0 Å². The number of nitrogens with zero attached hydrogens (tertiary/aromatic N) is 2. The first-order valence-electron chi connectivity index (χ1n) is 6.81. The second-order valence-corrected chi connectivity index (χ2v) is 7.05. The average molecular weight is 402 g/mol. The van der Waals surface area contributed by atoms with Crippen LogP contribution in [0.15, 0.2) is 31.8 Å². The lowest BCUT2D eigenvalue weighted by Crippen LogP contribution is -2.30. The quantitative estimate of drug-likeness (QED) is 0.418. The van der Waals surface area contributed by atoms with E-state index >= 15 is 0 Å². The normalized spacial score (nSPS) is 10.0. The Morgan fingerprint density at radius 3 is 1.56 bits per heavy atom. The van der Waals surface area contributed by atoms with E-state index in [2.05, 4.69) is 9.97 Å². The van der Waals surface area contributed by atoms with Gasteiger partial charge in [0.1, 0.15) is 12.1 Å². The van der Waals surface area contributed by atoms with Crippen molar-refractivity contribution in [1.29, 1.82) is 10.5 Å². The second kappa shape index (κ2) is 8.27. The van der Waals surface area contributed by atoms with Gasteiger partial charge in [0.2, 0.25) is 0 Å². The van der Waals surface area contributed by atoms with Gasteiger partial charge >= 0.3 is 0 Å². The molecule has 12 heteroatoms. The maximum atomic E-state index is 11.7. The summed E-state index contributed by atoms with van der Waals surface area (Å²) in [5.41, 5.74) is -3.44.